The number of carbonyl (C=O) groups excluding carboxylic acids is 2. The van der Waals surface area contributed by atoms with E-state index in [1.807, 2.05) is 18.2 Å². The maximum absolute atomic E-state index is 12.8. The number of H-pyrrole nitrogens is 1. The van der Waals surface area contributed by atoms with Crippen LogP contribution in [0.5, 0.6) is 0 Å². The van der Waals surface area contributed by atoms with E-state index < -0.39 is 11.6 Å². The van der Waals surface area contributed by atoms with Crippen molar-refractivity contribution in [2.24, 2.45) is 7.05 Å². The van der Waals surface area contributed by atoms with Gasteiger partial charge >= 0.3 is 16.6 Å². The van der Waals surface area contributed by atoms with Crippen LogP contribution >= 0.6 is 23.1 Å². The molecule has 1 amide bonds. The summed E-state index contributed by atoms with van der Waals surface area (Å²) in [6.45, 7) is 2.05. The number of anilines is 1. The van der Waals surface area contributed by atoms with Gasteiger partial charge in [0.1, 0.15) is 5.00 Å². The molecule has 0 saturated carbocycles. The molecular formula is C23H26N3O5S2+. The number of hydrogen-bond acceptors (Lipinski definition) is 7. The van der Waals surface area contributed by atoms with Crippen molar-refractivity contribution < 1.29 is 23.5 Å². The molecule has 174 valence electrons. The van der Waals surface area contributed by atoms with Gasteiger partial charge in [-0.05, 0) is 60.3 Å². The number of rotatable bonds is 8. The van der Waals surface area contributed by atoms with Gasteiger partial charge in [0.05, 0.1) is 12.2 Å². The number of fused-ring (bicyclic) bond motifs is 1. The highest BCUT2D eigenvalue weighted by atomic mass is 32.2. The number of thiophene rings is 1. The Morgan fingerprint density at radius 2 is 2.12 bits per heavy atom. The summed E-state index contributed by atoms with van der Waals surface area (Å²) in [6, 6.07) is 10.4. The van der Waals surface area contributed by atoms with E-state index in [0.717, 1.165) is 29.7 Å². The zero-order valence-corrected chi connectivity index (χ0v) is 20.1. The first kappa shape index (κ1) is 23.3. The van der Waals surface area contributed by atoms with E-state index in [-0.39, 0.29) is 18.9 Å². The van der Waals surface area contributed by atoms with Crippen LogP contribution in [0, 0.1) is 0 Å². The van der Waals surface area contributed by atoms with Crippen LogP contribution < -0.4 is 15.6 Å². The Bertz CT molecular complexity index is 1200. The number of nitrogens with one attached hydrogen (secondary N) is 2. The Hall–Kier alpha value is -2.85. The van der Waals surface area contributed by atoms with Crippen LogP contribution in [-0.4, -0.2) is 29.5 Å². The number of aryl methyl sites for hydroxylation is 1. The first-order valence-corrected chi connectivity index (χ1v) is 12.6. The molecule has 2 heterocycles. The van der Waals surface area contributed by atoms with Crippen LogP contribution in [0.3, 0.4) is 0 Å². The van der Waals surface area contributed by atoms with Crippen LogP contribution in [0.15, 0.2) is 44.7 Å². The molecule has 0 saturated heterocycles. The number of ether oxygens (including phenoxy) is 1. The maximum Gasteiger partial charge on any atom is 0.441 e. The van der Waals surface area contributed by atoms with Gasteiger partial charge in [0.25, 0.3) is 0 Å². The van der Waals surface area contributed by atoms with Gasteiger partial charge in [0.15, 0.2) is 7.05 Å². The number of hydrogen-bond donors (Lipinski definition) is 2. The maximum atomic E-state index is 12.8. The van der Waals surface area contributed by atoms with E-state index in [1.165, 1.54) is 33.3 Å². The molecule has 0 bridgehead atoms. The molecule has 8 nitrogen and oxygen atoms in total. The highest BCUT2D eigenvalue weighted by Crippen LogP contribution is 2.42. The molecule has 1 atom stereocenters. The second-order valence-corrected chi connectivity index (χ2v) is 9.96. The summed E-state index contributed by atoms with van der Waals surface area (Å²) in [5.74, 6) is 0.183. The number of carbonyl (C=O) groups is 2. The van der Waals surface area contributed by atoms with E-state index in [1.54, 1.807) is 14.0 Å². The van der Waals surface area contributed by atoms with Gasteiger partial charge in [-0.25, -0.2) is 9.59 Å². The number of aromatic nitrogens is 2. The second kappa shape index (κ2) is 10.4. The van der Waals surface area contributed by atoms with Crippen molar-refractivity contribution in [1.29, 1.82) is 0 Å². The molecule has 0 fully saturated rings. The highest BCUT2D eigenvalue weighted by Gasteiger charge is 2.31. The minimum atomic E-state index is -0.466. The number of thioether (sulfide) groups is 1. The average molecular weight is 489 g/mol. The van der Waals surface area contributed by atoms with E-state index >= 15 is 0 Å². The van der Waals surface area contributed by atoms with E-state index in [2.05, 4.69) is 22.7 Å². The van der Waals surface area contributed by atoms with Crippen LogP contribution in [-0.2, 0) is 29.4 Å². The molecule has 2 N–H and O–H groups in total. The number of nitrogens with zero attached hydrogens (tertiary/aromatic N) is 1. The average Bonchev–Trinajstić information content (AvgIpc) is 3.33. The van der Waals surface area contributed by atoms with Crippen LogP contribution in [0.1, 0.15) is 52.0 Å². The molecule has 1 aliphatic rings. The van der Waals surface area contributed by atoms with Gasteiger partial charge in [0, 0.05) is 17.1 Å². The Kier molecular flexibility index (Phi) is 7.34. The highest BCUT2D eigenvalue weighted by molar-refractivity contribution is 7.99. The third-order valence-corrected chi connectivity index (χ3v) is 7.88. The lowest BCUT2D eigenvalue weighted by atomic mass is 9.83. The smallest absolute Gasteiger partial charge is 0.441 e. The summed E-state index contributed by atoms with van der Waals surface area (Å²) >= 11 is 2.70. The Balaban J connectivity index is 1.49. The van der Waals surface area contributed by atoms with Crippen LogP contribution in [0.4, 0.5) is 5.00 Å². The number of esters is 1. The third kappa shape index (κ3) is 5.22. The molecule has 4 rings (SSSR count). The molecule has 3 aromatic rings. The number of benzene rings is 1. The Morgan fingerprint density at radius 1 is 1.33 bits per heavy atom. The first-order valence-electron chi connectivity index (χ1n) is 10.8. The van der Waals surface area contributed by atoms with Crippen molar-refractivity contribution in [1.82, 2.24) is 5.27 Å². The van der Waals surface area contributed by atoms with E-state index in [4.69, 9.17) is 9.26 Å². The molecule has 2 aromatic heterocycles. The van der Waals surface area contributed by atoms with E-state index in [9.17, 15) is 14.4 Å². The molecule has 1 aliphatic carbocycles. The Morgan fingerprint density at radius 3 is 2.82 bits per heavy atom. The predicted octanol–water partition coefficient (Wildman–Crippen LogP) is 3.42. The zero-order chi connectivity index (χ0) is 23.4. The van der Waals surface area contributed by atoms with Crippen LogP contribution in [0.2, 0.25) is 0 Å². The minimum absolute atomic E-state index is 0.187. The summed E-state index contributed by atoms with van der Waals surface area (Å²) in [5, 5.41) is 6.31. The first-order chi connectivity index (χ1) is 16.0. The quantitative estimate of drug-likeness (QED) is 0.286. The molecule has 1 aromatic carbocycles. The fourth-order valence-electron chi connectivity index (χ4n) is 4.02. The van der Waals surface area contributed by atoms with Crippen molar-refractivity contribution in [3.05, 3.63) is 62.3 Å². The largest absolute Gasteiger partial charge is 0.462 e. The fraction of sp³-hybridized carbons (Fsp3) is 0.391. The lowest BCUT2D eigenvalue weighted by Gasteiger charge is -2.23. The SMILES string of the molecule is CCOC(=O)c1c(NC(=O)CCSc2c(=O)o[nH][n+]2C)sc2c1CCC(c1ccccc1)C2. The topological polar surface area (TPSA) is 105 Å². The summed E-state index contributed by atoms with van der Waals surface area (Å²) < 4.78 is 11.5. The molecule has 0 spiro atoms. The van der Waals surface area contributed by atoms with Crippen molar-refractivity contribution in [2.75, 3.05) is 17.7 Å². The molecule has 0 radical (unpaired) electrons. The van der Waals surface area contributed by atoms with Crippen molar-refractivity contribution in [2.45, 2.75) is 43.6 Å². The van der Waals surface area contributed by atoms with E-state index in [0.29, 0.717) is 27.3 Å². The summed E-state index contributed by atoms with van der Waals surface area (Å²) in [6.07, 6.45) is 2.74. The van der Waals surface area contributed by atoms with Gasteiger partial charge in [-0.3, -0.25) is 9.32 Å². The summed E-state index contributed by atoms with van der Waals surface area (Å²) in [4.78, 5) is 38.2. The molecular weight excluding hydrogens is 462 g/mol. The summed E-state index contributed by atoms with van der Waals surface area (Å²) in [5.41, 5.74) is 2.31. The zero-order valence-electron chi connectivity index (χ0n) is 18.5. The van der Waals surface area contributed by atoms with Gasteiger partial charge in [-0.1, -0.05) is 35.0 Å². The molecule has 33 heavy (non-hydrogen) atoms. The van der Waals surface area contributed by atoms with Gasteiger partial charge in [-0.15, -0.1) is 11.3 Å². The molecule has 10 heteroatoms. The fourth-order valence-corrected chi connectivity index (χ4v) is 6.22. The number of aromatic amines is 1. The van der Waals surface area contributed by atoms with Crippen molar-refractivity contribution in [3.63, 3.8) is 0 Å². The normalized spacial score (nSPS) is 15.2. The summed E-state index contributed by atoms with van der Waals surface area (Å²) in [7, 11) is 1.66. The van der Waals surface area contributed by atoms with Crippen molar-refractivity contribution in [3.8, 4) is 0 Å². The predicted molar refractivity (Wildman–Crippen MR) is 126 cm³/mol. The lowest BCUT2D eigenvalue weighted by molar-refractivity contribution is -0.772. The monoisotopic (exact) mass is 488 g/mol. The van der Waals surface area contributed by atoms with Gasteiger partial charge in [0.2, 0.25) is 5.91 Å². The third-order valence-electron chi connectivity index (χ3n) is 5.59. The number of amides is 1. The molecule has 1 unspecified atom stereocenters. The minimum Gasteiger partial charge on any atom is -0.462 e. The van der Waals surface area contributed by atoms with Gasteiger partial charge < -0.3 is 10.1 Å². The second-order valence-electron chi connectivity index (χ2n) is 7.77. The lowest BCUT2D eigenvalue weighted by Crippen LogP contribution is -2.33. The standard InChI is InChI=1S/C23H25N3O5S2/c1-3-30-22(28)19-16-10-9-15(14-7-5-4-6-8-14)13-17(16)33-20(19)24-18(27)11-12-32-21-23(29)31-25-26(21)2/h4-8,15H,3,9-13H2,1-2H3,(H-,24,25,27,28,29)/p+1. The van der Waals surface area contributed by atoms with Crippen LogP contribution in [0.25, 0.3) is 0 Å². The van der Waals surface area contributed by atoms with Crippen molar-refractivity contribution >= 4 is 40.0 Å². The Labute approximate surface area is 199 Å². The van der Waals surface area contributed by atoms with Gasteiger partial charge in [-0.2, -0.15) is 0 Å². The molecule has 0 aliphatic heterocycles.